The first-order valence-corrected chi connectivity index (χ1v) is 7.21. The third-order valence-corrected chi connectivity index (χ3v) is 4.92. The molecule has 0 spiro atoms. The van der Waals surface area contributed by atoms with Crippen LogP contribution in [0.2, 0.25) is 0 Å². The van der Waals surface area contributed by atoms with Crippen LogP contribution in [0.5, 0.6) is 0 Å². The minimum Gasteiger partial charge on any atom is -0.381 e. The Morgan fingerprint density at radius 1 is 1.29 bits per heavy atom. The Kier molecular flexibility index (Phi) is 4.83. The summed E-state index contributed by atoms with van der Waals surface area (Å²) in [4.78, 5) is 2.68. The van der Waals surface area contributed by atoms with Crippen molar-refractivity contribution < 1.29 is 4.74 Å². The quantitative estimate of drug-likeness (QED) is 0.810. The number of hydrogen-bond donors (Lipinski definition) is 1. The minimum absolute atomic E-state index is 0.705. The lowest BCUT2D eigenvalue weighted by molar-refractivity contribution is 0.0807. The van der Waals surface area contributed by atoms with Crippen LogP contribution in [0, 0.1) is 11.8 Å². The number of ether oxygens (including phenoxy) is 1. The highest BCUT2D eigenvalue weighted by Crippen LogP contribution is 2.25. The van der Waals surface area contributed by atoms with Crippen LogP contribution in [0.1, 0.15) is 33.1 Å². The van der Waals surface area contributed by atoms with E-state index in [9.17, 15) is 0 Å². The summed E-state index contributed by atoms with van der Waals surface area (Å²) in [6, 6.07) is 1.42. The molecule has 0 saturated carbocycles. The molecule has 2 heterocycles. The molecule has 0 aromatic carbocycles. The Hall–Kier alpha value is -0.120. The molecule has 3 heteroatoms. The van der Waals surface area contributed by atoms with E-state index in [1.54, 1.807) is 0 Å². The van der Waals surface area contributed by atoms with Gasteiger partial charge in [0.15, 0.2) is 0 Å². The number of nitrogens with zero attached hydrogens (tertiary/aromatic N) is 1. The first kappa shape index (κ1) is 13.3. The van der Waals surface area contributed by atoms with Gasteiger partial charge >= 0.3 is 0 Å². The SMILES string of the molecule is CNC1CCN(CCC2CCOC2)C(C)C1C. The van der Waals surface area contributed by atoms with Crippen LogP contribution in [0.15, 0.2) is 0 Å². The fourth-order valence-electron chi connectivity index (χ4n) is 3.32. The lowest BCUT2D eigenvalue weighted by Crippen LogP contribution is -2.52. The minimum atomic E-state index is 0.705. The van der Waals surface area contributed by atoms with E-state index in [1.807, 2.05) is 0 Å². The zero-order valence-electron chi connectivity index (χ0n) is 11.6. The molecule has 1 N–H and O–H groups in total. The number of nitrogens with one attached hydrogen (secondary N) is 1. The van der Waals surface area contributed by atoms with Crippen LogP contribution >= 0.6 is 0 Å². The molecule has 0 aliphatic carbocycles. The Labute approximate surface area is 106 Å². The van der Waals surface area contributed by atoms with E-state index in [4.69, 9.17) is 4.74 Å². The predicted octanol–water partition coefficient (Wildman–Crippen LogP) is 1.73. The van der Waals surface area contributed by atoms with Crippen molar-refractivity contribution in [1.82, 2.24) is 10.2 Å². The van der Waals surface area contributed by atoms with Gasteiger partial charge in [0.25, 0.3) is 0 Å². The summed E-state index contributed by atoms with van der Waals surface area (Å²) in [7, 11) is 2.10. The van der Waals surface area contributed by atoms with Crippen LogP contribution in [-0.2, 0) is 4.74 Å². The van der Waals surface area contributed by atoms with Crippen LogP contribution in [0.4, 0.5) is 0 Å². The van der Waals surface area contributed by atoms with Gasteiger partial charge in [0.05, 0.1) is 0 Å². The maximum Gasteiger partial charge on any atom is 0.0495 e. The summed E-state index contributed by atoms with van der Waals surface area (Å²) < 4.78 is 5.45. The van der Waals surface area contributed by atoms with Crippen molar-refractivity contribution in [2.75, 3.05) is 33.4 Å². The molecule has 2 aliphatic heterocycles. The number of hydrogen-bond acceptors (Lipinski definition) is 3. The molecule has 2 saturated heterocycles. The van der Waals surface area contributed by atoms with Crippen LogP contribution in [-0.4, -0.2) is 50.3 Å². The molecule has 2 fully saturated rings. The highest BCUT2D eigenvalue weighted by atomic mass is 16.5. The molecule has 100 valence electrons. The average Bonchev–Trinajstić information content (AvgIpc) is 2.84. The molecular weight excluding hydrogens is 212 g/mol. The number of likely N-dealkylation sites (tertiary alicyclic amines) is 1. The van der Waals surface area contributed by atoms with Gasteiger partial charge in [-0.25, -0.2) is 0 Å². The van der Waals surface area contributed by atoms with Crippen molar-refractivity contribution in [3.63, 3.8) is 0 Å². The highest BCUT2D eigenvalue weighted by molar-refractivity contribution is 4.88. The third kappa shape index (κ3) is 3.21. The van der Waals surface area contributed by atoms with Crippen molar-refractivity contribution in [1.29, 1.82) is 0 Å². The van der Waals surface area contributed by atoms with Crippen molar-refractivity contribution in [2.45, 2.75) is 45.2 Å². The second-order valence-electron chi connectivity index (χ2n) is 5.84. The van der Waals surface area contributed by atoms with Gasteiger partial charge in [-0.1, -0.05) is 6.92 Å². The maximum absolute atomic E-state index is 5.45. The first-order chi connectivity index (χ1) is 8.22. The zero-order valence-corrected chi connectivity index (χ0v) is 11.6. The van der Waals surface area contributed by atoms with Crippen molar-refractivity contribution in [3.8, 4) is 0 Å². The summed E-state index contributed by atoms with van der Waals surface area (Å²) in [5.41, 5.74) is 0. The maximum atomic E-state index is 5.45. The lowest BCUT2D eigenvalue weighted by atomic mass is 9.86. The molecule has 2 aliphatic rings. The fourth-order valence-corrected chi connectivity index (χ4v) is 3.32. The van der Waals surface area contributed by atoms with Gasteiger partial charge in [-0.3, -0.25) is 0 Å². The monoisotopic (exact) mass is 240 g/mol. The Morgan fingerprint density at radius 2 is 2.12 bits per heavy atom. The smallest absolute Gasteiger partial charge is 0.0495 e. The molecule has 0 radical (unpaired) electrons. The summed E-state index contributed by atoms with van der Waals surface area (Å²) in [5, 5.41) is 3.46. The highest BCUT2D eigenvalue weighted by Gasteiger charge is 2.31. The normalized spacial score (nSPS) is 39.7. The summed E-state index contributed by atoms with van der Waals surface area (Å²) in [5.74, 6) is 1.58. The van der Waals surface area contributed by atoms with Crippen molar-refractivity contribution in [2.24, 2.45) is 11.8 Å². The van der Waals surface area contributed by atoms with Gasteiger partial charge in [0.2, 0.25) is 0 Å². The van der Waals surface area contributed by atoms with Gasteiger partial charge < -0.3 is 15.0 Å². The van der Waals surface area contributed by atoms with E-state index in [0.29, 0.717) is 12.1 Å². The third-order valence-electron chi connectivity index (χ3n) is 4.92. The zero-order chi connectivity index (χ0) is 12.3. The van der Waals surface area contributed by atoms with Crippen molar-refractivity contribution >= 4 is 0 Å². The average molecular weight is 240 g/mol. The standard InChI is InChI=1S/C14H28N2O/c1-11-12(2)16(8-5-14(11)15-3)7-4-13-6-9-17-10-13/h11-15H,4-10H2,1-3H3. The predicted molar refractivity (Wildman–Crippen MR) is 71.2 cm³/mol. The topological polar surface area (TPSA) is 24.5 Å². The molecule has 0 aromatic heterocycles. The molecule has 2 rings (SSSR count). The summed E-state index contributed by atoms with van der Waals surface area (Å²) in [6.07, 6.45) is 3.89. The van der Waals surface area contributed by atoms with Gasteiger partial charge in [0, 0.05) is 25.3 Å². The van der Waals surface area contributed by atoms with E-state index in [0.717, 1.165) is 25.0 Å². The molecule has 4 unspecified atom stereocenters. The molecule has 17 heavy (non-hydrogen) atoms. The summed E-state index contributed by atoms with van der Waals surface area (Å²) >= 11 is 0. The molecular formula is C14H28N2O. The van der Waals surface area contributed by atoms with Gasteiger partial charge in [-0.05, 0) is 58.2 Å². The number of piperidine rings is 1. The summed E-state index contributed by atoms with van der Waals surface area (Å²) in [6.45, 7) is 9.27. The van der Waals surface area contributed by atoms with E-state index < -0.39 is 0 Å². The molecule has 3 nitrogen and oxygen atoms in total. The van der Waals surface area contributed by atoms with Gasteiger partial charge in [0.1, 0.15) is 0 Å². The lowest BCUT2D eigenvalue weighted by Gasteiger charge is -2.43. The molecule has 0 aromatic rings. The van der Waals surface area contributed by atoms with Crippen LogP contribution < -0.4 is 5.32 Å². The van der Waals surface area contributed by atoms with Crippen molar-refractivity contribution in [3.05, 3.63) is 0 Å². The van der Waals surface area contributed by atoms with E-state index in [1.165, 1.54) is 32.4 Å². The number of rotatable bonds is 4. The fraction of sp³-hybridized carbons (Fsp3) is 1.00. The second kappa shape index (κ2) is 6.17. The van der Waals surface area contributed by atoms with Crippen LogP contribution in [0.3, 0.4) is 0 Å². The second-order valence-corrected chi connectivity index (χ2v) is 5.84. The Morgan fingerprint density at radius 3 is 2.76 bits per heavy atom. The molecule has 0 bridgehead atoms. The van der Waals surface area contributed by atoms with E-state index >= 15 is 0 Å². The van der Waals surface area contributed by atoms with E-state index in [2.05, 4.69) is 31.1 Å². The first-order valence-electron chi connectivity index (χ1n) is 7.21. The Balaban J connectivity index is 1.77. The van der Waals surface area contributed by atoms with Gasteiger partial charge in [-0.2, -0.15) is 0 Å². The van der Waals surface area contributed by atoms with E-state index in [-0.39, 0.29) is 0 Å². The van der Waals surface area contributed by atoms with Gasteiger partial charge in [-0.15, -0.1) is 0 Å². The largest absolute Gasteiger partial charge is 0.381 e. The van der Waals surface area contributed by atoms with Crippen LogP contribution in [0.25, 0.3) is 0 Å². The molecule has 4 atom stereocenters. The Bertz CT molecular complexity index is 228. The molecule has 0 amide bonds.